The van der Waals surface area contributed by atoms with E-state index in [0.717, 1.165) is 0 Å². The third-order valence-electron chi connectivity index (χ3n) is 8.60. The maximum atomic E-state index is 9.60. The minimum atomic E-state index is -0.935. The van der Waals surface area contributed by atoms with E-state index in [2.05, 4.69) is 27.0 Å². The summed E-state index contributed by atoms with van der Waals surface area (Å²) >= 11 is 0. The summed E-state index contributed by atoms with van der Waals surface area (Å²) < 4.78 is 0. The number of hydrogen-bond donors (Lipinski definition) is 2. The highest BCUT2D eigenvalue weighted by Crippen LogP contribution is 2.53. The zero-order valence-corrected chi connectivity index (χ0v) is 24.3. The summed E-state index contributed by atoms with van der Waals surface area (Å²) in [6.07, 6.45) is 29.9. The molecular weight excluding hydrogens is 448 g/mol. The van der Waals surface area contributed by atoms with E-state index in [-0.39, 0.29) is 11.1 Å². The third-order valence-corrected chi connectivity index (χ3v) is 8.60. The molecule has 0 aromatic carbocycles. The Bertz CT molecular complexity index is 545. The Kier molecular flexibility index (Phi) is 18.7. The lowest BCUT2D eigenvalue weighted by molar-refractivity contribution is -0.133. The van der Waals surface area contributed by atoms with Gasteiger partial charge in [-0.3, -0.25) is 0 Å². The molecule has 2 saturated carbocycles. The number of rotatable bonds is 3. The summed E-state index contributed by atoms with van der Waals surface area (Å²) in [4.78, 5) is 19.2. The molecule has 2 aliphatic rings. The SMILES string of the molecule is C=C(C)C(=O)O.C=C(C)C(=O)O.CC1(C2(C)CCCCCCCCCC2)CCCCCCCCCC1. The topological polar surface area (TPSA) is 74.6 Å². The highest BCUT2D eigenvalue weighted by molar-refractivity contribution is 5.85. The van der Waals surface area contributed by atoms with Crippen molar-refractivity contribution in [1.82, 2.24) is 0 Å². The van der Waals surface area contributed by atoms with Crippen molar-refractivity contribution in [2.24, 2.45) is 10.8 Å². The fourth-order valence-corrected chi connectivity index (χ4v) is 5.64. The molecule has 2 aliphatic carbocycles. The minimum absolute atomic E-state index is 0.176. The van der Waals surface area contributed by atoms with Gasteiger partial charge < -0.3 is 10.2 Å². The Morgan fingerprint density at radius 2 is 0.611 bits per heavy atom. The van der Waals surface area contributed by atoms with Gasteiger partial charge in [-0.1, -0.05) is 130 Å². The van der Waals surface area contributed by atoms with Gasteiger partial charge in [0.25, 0.3) is 0 Å². The van der Waals surface area contributed by atoms with E-state index >= 15 is 0 Å². The summed E-state index contributed by atoms with van der Waals surface area (Å²) in [5, 5.41) is 15.8. The van der Waals surface area contributed by atoms with Crippen molar-refractivity contribution in [2.45, 2.75) is 156 Å². The van der Waals surface area contributed by atoms with Gasteiger partial charge in [0.15, 0.2) is 0 Å². The first kappa shape index (κ1) is 34.4. The van der Waals surface area contributed by atoms with Crippen LogP contribution in [0.25, 0.3) is 0 Å². The lowest BCUT2D eigenvalue weighted by Gasteiger charge is -2.48. The van der Waals surface area contributed by atoms with Crippen LogP contribution in [0, 0.1) is 10.8 Å². The first-order chi connectivity index (χ1) is 16.9. The molecule has 0 amide bonds. The molecule has 0 saturated heterocycles. The van der Waals surface area contributed by atoms with Gasteiger partial charge in [-0.25, -0.2) is 9.59 Å². The van der Waals surface area contributed by atoms with Crippen LogP contribution in [0.2, 0.25) is 0 Å². The third kappa shape index (κ3) is 15.5. The van der Waals surface area contributed by atoms with Crippen LogP contribution in [0.1, 0.15) is 156 Å². The highest BCUT2D eigenvalue weighted by Gasteiger charge is 2.42. The first-order valence-corrected chi connectivity index (χ1v) is 14.7. The predicted molar refractivity (Wildman–Crippen MR) is 153 cm³/mol. The van der Waals surface area contributed by atoms with Crippen LogP contribution in [0.5, 0.6) is 0 Å². The molecule has 0 bridgehead atoms. The molecule has 36 heavy (non-hydrogen) atoms. The second-order valence-corrected chi connectivity index (χ2v) is 11.9. The zero-order chi connectivity index (χ0) is 27.5. The van der Waals surface area contributed by atoms with Crippen LogP contribution in [0.15, 0.2) is 24.3 Å². The van der Waals surface area contributed by atoms with Crippen molar-refractivity contribution >= 4 is 11.9 Å². The van der Waals surface area contributed by atoms with E-state index in [0.29, 0.717) is 10.8 Å². The Morgan fingerprint density at radius 3 is 0.750 bits per heavy atom. The number of carbonyl (C=O) groups is 2. The molecular formula is C32H58O4. The lowest BCUT2D eigenvalue weighted by atomic mass is 9.57. The summed E-state index contributed by atoms with van der Waals surface area (Å²) in [6, 6.07) is 0. The van der Waals surface area contributed by atoms with Crippen LogP contribution in [-0.2, 0) is 9.59 Å². The van der Waals surface area contributed by atoms with Crippen molar-refractivity contribution in [3.63, 3.8) is 0 Å². The molecule has 0 unspecified atom stereocenters. The minimum Gasteiger partial charge on any atom is -0.478 e. The molecule has 4 nitrogen and oxygen atoms in total. The van der Waals surface area contributed by atoms with Crippen LogP contribution in [0.3, 0.4) is 0 Å². The van der Waals surface area contributed by atoms with E-state index in [1.54, 1.807) is 0 Å². The summed E-state index contributed by atoms with van der Waals surface area (Å²) in [6.45, 7) is 14.6. The average Bonchev–Trinajstić information content (AvgIpc) is 2.90. The molecule has 0 aromatic rings. The van der Waals surface area contributed by atoms with E-state index in [4.69, 9.17) is 10.2 Å². The molecule has 2 rings (SSSR count). The van der Waals surface area contributed by atoms with Crippen molar-refractivity contribution in [1.29, 1.82) is 0 Å². The molecule has 0 heterocycles. The number of aliphatic carboxylic acids is 2. The zero-order valence-electron chi connectivity index (χ0n) is 24.3. The van der Waals surface area contributed by atoms with Gasteiger partial charge in [0.2, 0.25) is 0 Å². The fourth-order valence-electron chi connectivity index (χ4n) is 5.64. The lowest BCUT2D eigenvalue weighted by Crippen LogP contribution is -2.38. The van der Waals surface area contributed by atoms with Crippen LogP contribution < -0.4 is 0 Å². The van der Waals surface area contributed by atoms with Crippen LogP contribution in [-0.4, -0.2) is 22.2 Å². The quantitative estimate of drug-likeness (QED) is 0.373. The summed E-state index contributed by atoms with van der Waals surface area (Å²) in [5.74, 6) is -1.87. The summed E-state index contributed by atoms with van der Waals surface area (Å²) in [5.41, 5.74) is 1.56. The van der Waals surface area contributed by atoms with Gasteiger partial charge in [-0.15, -0.1) is 0 Å². The second-order valence-electron chi connectivity index (χ2n) is 11.9. The van der Waals surface area contributed by atoms with E-state index in [9.17, 15) is 9.59 Å². The smallest absolute Gasteiger partial charge is 0.330 e. The molecule has 0 aliphatic heterocycles. The Labute approximate surface area is 223 Å². The number of carboxylic acids is 2. The van der Waals surface area contributed by atoms with E-state index in [1.807, 2.05) is 0 Å². The molecule has 0 aromatic heterocycles. The monoisotopic (exact) mass is 506 g/mol. The van der Waals surface area contributed by atoms with Crippen LogP contribution in [0.4, 0.5) is 0 Å². The van der Waals surface area contributed by atoms with Crippen molar-refractivity contribution in [2.75, 3.05) is 0 Å². The number of carboxylic acid groups (broad SMARTS) is 2. The van der Waals surface area contributed by atoms with Gasteiger partial charge in [-0.2, -0.15) is 0 Å². The molecule has 0 atom stereocenters. The largest absolute Gasteiger partial charge is 0.478 e. The van der Waals surface area contributed by atoms with E-state index in [1.165, 1.54) is 142 Å². The van der Waals surface area contributed by atoms with Gasteiger partial charge in [0.1, 0.15) is 0 Å². The molecule has 0 radical (unpaired) electrons. The van der Waals surface area contributed by atoms with Crippen molar-refractivity contribution < 1.29 is 19.8 Å². The molecule has 210 valence electrons. The maximum absolute atomic E-state index is 9.60. The first-order valence-electron chi connectivity index (χ1n) is 14.7. The maximum Gasteiger partial charge on any atom is 0.330 e. The molecule has 2 N–H and O–H groups in total. The number of hydrogen-bond acceptors (Lipinski definition) is 2. The molecule has 4 heteroatoms. The van der Waals surface area contributed by atoms with Gasteiger partial charge in [0, 0.05) is 11.1 Å². The summed E-state index contributed by atoms with van der Waals surface area (Å²) in [7, 11) is 0. The second kappa shape index (κ2) is 19.5. The van der Waals surface area contributed by atoms with Crippen molar-refractivity contribution in [3.05, 3.63) is 24.3 Å². The van der Waals surface area contributed by atoms with Gasteiger partial charge >= 0.3 is 11.9 Å². The highest BCUT2D eigenvalue weighted by atomic mass is 16.4. The van der Waals surface area contributed by atoms with Gasteiger partial charge in [0.05, 0.1) is 0 Å². The predicted octanol–water partition coefficient (Wildman–Crippen LogP) is 10.1. The van der Waals surface area contributed by atoms with Gasteiger partial charge in [-0.05, 0) is 50.4 Å². The van der Waals surface area contributed by atoms with Crippen molar-refractivity contribution in [3.8, 4) is 0 Å². The van der Waals surface area contributed by atoms with Crippen LogP contribution >= 0.6 is 0 Å². The fraction of sp³-hybridized carbons (Fsp3) is 0.812. The molecule has 0 spiro atoms. The average molecular weight is 507 g/mol. The Hall–Kier alpha value is -1.58. The van der Waals surface area contributed by atoms with E-state index < -0.39 is 11.9 Å². The Morgan fingerprint density at radius 1 is 0.472 bits per heavy atom. The Balaban J connectivity index is 0.000000846. The normalized spacial score (nSPS) is 21.3. The standard InChI is InChI=1S/C24H46.2C4H6O2/c1-23(19-15-11-7-3-4-8-12-16-20-23)24(2)21-17-13-9-5-6-10-14-18-22-24;2*1-3(2)4(5)6/h3-22H2,1-2H3;2*1H2,2H3,(H,5,6). The molecule has 2 fully saturated rings.